The number of carbonyl (C=O) groups excluding carboxylic acids is 1. The van der Waals surface area contributed by atoms with Crippen molar-refractivity contribution < 1.29 is 22.3 Å². The first kappa shape index (κ1) is 15.3. The highest BCUT2D eigenvalue weighted by molar-refractivity contribution is 7.92. The van der Waals surface area contributed by atoms with E-state index >= 15 is 0 Å². The minimum absolute atomic E-state index is 0.0426. The molecule has 0 radical (unpaired) electrons. The van der Waals surface area contributed by atoms with E-state index in [1.165, 1.54) is 30.3 Å². The smallest absolute Gasteiger partial charge is 0.265 e. The number of amides is 1. The normalized spacial score (nSPS) is 17.0. The van der Waals surface area contributed by atoms with E-state index in [2.05, 4.69) is 10.0 Å². The minimum Gasteiger partial charge on any atom is -0.479 e. The van der Waals surface area contributed by atoms with Crippen LogP contribution in [0.2, 0.25) is 0 Å². The monoisotopic (exact) mass is 336 g/mol. The van der Waals surface area contributed by atoms with Crippen molar-refractivity contribution in [2.75, 3.05) is 10.0 Å². The maximum atomic E-state index is 12.9. The van der Waals surface area contributed by atoms with Crippen molar-refractivity contribution in [2.45, 2.75) is 17.9 Å². The largest absolute Gasteiger partial charge is 0.479 e. The van der Waals surface area contributed by atoms with E-state index in [9.17, 15) is 17.6 Å². The Hall–Kier alpha value is -2.61. The molecule has 1 aliphatic heterocycles. The van der Waals surface area contributed by atoms with Gasteiger partial charge in [0, 0.05) is 5.69 Å². The van der Waals surface area contributed by atoms with Crippen LogP contribution in [0, 0.1) is 5.82 Å². The quantitative estimate of drug-likeness (QED) is 0.901. The molecule has 2 N–H and O–H groups in total. The first-order valence-electron chi connectivity index (χ1n) is 6.75. The zero-order chi connectivity index (χ0) is 16.6. The van der Waals surface area contributed by atoms with Crippen LogP contribution in [0.25, 0.3) is 0 Å². The lowest BCUT2D eigenvalue weighted by atomic mass is 10.2. The molecule has 2 aromatic rings. The molecule has 1 aliphatic rings. The Labute approximate surface area is 132 Å². The number of halogens is 1. The average Bonchev–Trinajstić information content (AvgIpc) is 2.50. The Morgan fingerprint density at radius 3 is 2.57 bits per heavy atom. The molecule has 120 valence electrons. The number of fused-ring (bicyclic) bond motifs is 1. The second-order valence-corrected chi connectivity index (χ2v) is 6.70. The Balaban J connectivity index is 1.90. The fraction of sp³-hybridized carbons (Fsp3) is 0.133. The maximum Gasteiger partial charge on any atom is 0.265 e. The van der Waals surface area contributed by atoms with Gasteiger partial charge in [0.25, 0.3) is 15.9 Å². The fourth-order valence-corrected chi connectivity index (χ4v) is 3.17. The summed E-state index contributed by atoms with van der Waals surface area (Å²) < 4.78 is 45.3. The number of ether oxygens (including phenoxy) is 1. The van der Waals surface area contributed by atoms with Crippen LogP contribution in [0.4, 0.5) is 15.8 Å². The van der Waals surface area contributed by atoms with E-state index in [4.69, 9.17) is 4.74 Å². The predicted molar refractivity (Wildman–Crippen MR) is 82.4 cm³/mol. The summed E-state index contributed by atoms with van der Waals surface area (Å²) in [5.41, 5.74) is 0.521. The summed E-state index contributed by atoms with van der Waals surface area (Å²) in [4.78, 5) is 11.6. The summed E-state index contributed by atoms with van der Waals surface area (Å²) in [6.45, 7) is 1.60. The summed E-state index contributed by atoms with van der Waals surface area (Å²) in [7, 11) is -3.87. The highest BCUT2D eigenvalue weighted by Crippen LogP contribution is 2.32. The molecule has 8 heteroatoms. The standard InChI is InChI=1S/C15H13FN2O4S/c1-9-15(19)17-13-8-12(6-7-14(13)22-9)23(20,21)18-11-4-2-10(16)3-5-11/h2-9,18H,1H3,(H,17,19). The van der Waals surface area contributed by atoms with Gasteiger partial charge in [-0.15, -0.1) is 0 Å². The van der Waals surface area contributed by atoms with Crippen LogP contribution in [-0.2, 0) is 14.8 Å². The number of sulfonamides is 1. The molecule has 0 aromatic heterocycles. The molecule has 1 heterocycles. The molecule has 1 amide bonds. The summed E-state index contributed by atoms with van der Waals surface area (Å²) in [6.07, 6.45) is -0.637. The van der Waals surface area contributed by atoms with E-state index in [0.29, 0.717) is 5.75 Å². The lowest BCUT2D eigenvalue weighted by Crippen LogP contribution is -2.34. The van der Waals surface area contributed by atoms with Crippen molar-refractivity contribution in [3.05, 3.63) is 48.3 Å². The summed E-state index contributed by atoms with van der Waals surface area (Å²) in [5.74, 6) is -0.410. The molecule has 1 unspecified atom stereocenters. The van der Waals surface area contributed by atoms with Gasteiger partial charge in [-0.25, -0.2) is 12.8 Å². The Morgan fingerprint density at radius 1 is 1.17 bits per heavy atom. The molecular weight excluding hydrogens is 323 g/mol. The maximum absolute atomic E-state index is 12.9. The van der Waals surface area contributed by atoms with Crippen LogP contribution in [-0.4, -0.2) is 20.4 Å². The molecule has 0 spiro atoms. The molecule has 2 aromatic carbocycles. The molecule has 0 saturated carbocycles. The van der Waals surface area contributed by atoms with Crippen molar-refractivity contribution >= 4 is 27.3 Å². The third-order valence-electron chi connectivity index (χ3n) is 3.29. The number of nitrogens with one attached hydrogen (secondary N) is 2. The van der Waals surface area contributed by atoms with Gasteiger partial charge < -0.3 is 10.1 Å². The first-order chi connectivity index (χ1) is 10.8. The lowest BCUT2D eigenvalue weighted by Gasteiger charge is -2.23. The van der Waals surface area contributed by atoms with Crippen molar-refractivity contribution in [1.82, 2.24) is 0 Å². The van der Waals surface area contributed by atoms with Gasteiger partial charge in [-0.3, -0.25) is 9.52 Å². The van der Waals surface area contributed by atoms with Gasteiger partial charge >= 0.3 is 0 Å². The van der Waals surface area contributed by atoms with Gasteiger partial charge in [-0.2, -0.15) is 0 Å². The van der Waals surface area contributed by atoms with Crippen LogP contribution < -0.4 is 14.8 Å². The topological polar surface area (TPSA) is 84.5 Å². The Bertz CT molecular complexity index is 866. The van der Waals surface area contributed by atoms with Crippen molar-refractivity contribution in [1.29, 1.82) is 0 Å². The molecule has 0 bridgehead atoms. The third-order valence-corrected chi connectivity index (χ3v) is 4.67. The van der Waals surface area contributed by atoms with Gasteiger partial charge in [0.2, 0.25) is 0 Å². The van der Waals surface area contributed by atoms with Gasteiger partial charge in [0.1, 0.15) is 11.6 Å². The van der Waals surface area contributed by atoms with Crippen molar-refractivity contribution in [3.63, 3.8) is 0 Å². The van der Waals surface area contributed by atoms with E-state index < -0.39 is 21.9 Å². The molecule has 0 saturated heterocycles. The SMILES string of the molecule is CC1Oc2ccc(S(=O)(=O)Nc3ccc(F)cc3)cc2NC1=O. The van der Waals surface area contributed by atoms with Crippen LogP contribution in [0.3, 0.4) is 0 Å². The Morgan fingerprint density at radius 2 is 1.87 bits per heavy atom. The number of carbonyl (C=O) groups is 1. The van der Waals surface area contributed by atoms with Gasteiger partial charge in [-0.05, 0) is 49.4 Å². The van der Waals surface area contributed by atoms with E-state index in [1.54, 1.807) is 6.92 Å². The van der Waals surface area contributed by atoms with E-state index in [1.807, 2.05) is 0 Å². The minimum atomic E-state index is -3.87. The van der Waals surface area contributed by atoms with E-state index in [-0.39, 0.29) is 22.2 Å². The highest BCUT2D eigenvalue weighted by atomic mass is 32.2. The predicted octanol–water partition coefficient (Wildman–Crippen LogP) is 2.35. The summed E-state index contributed by atoms with van der Waals surface area (Å²) in [6, 6.07) is 9.10. The molecule has 3 rings (SSSR count). The highest BCUT2D eigenvalue weighted by Gasteiger charge is 2.25. The lowest BCUT2D eigenvalue weighted by molar-refractivity contribution is -0.122. The van der Waals surface area contributed by atoms with Crippen molar-refractivity contribution in [3.8, 4) is 5.75 Å². The van der Waals surface area contributed by atoms with E-state index in [0.717, 1.165) is 12.1 Å². The number of benzene rings is 2. The number of anilines is 2. The summed E-state index contributed by atoms with van der Waals surface area (Å²) in [5, 5.41) is 2.59. The van der Waals surface area contributed by atoms with Crippen LogP contribution in [0.5, 0.6) is 5.75 Å². The number of hydrogen-bond donors (Lipinski definition) is 2. The zero-order valence-electron chi connectivity index (χ0n) is 12.0. The molecule has 6 nitrogen and oxygen atoms in total. The number of hydrogen-bond acceptors (Lipinski definition) is 4. The molecular formula is C15H13FN2O4S. The van der Waals surface area contributed by atoms with Crippen molar-refractivity contribution in [2.24, 2.45) is 0 Å². The molecule has 1 atom stereocenters. The third kappa shape index (κ3) is 3.11. The van der Waals surface area contributed by atoms with Crippen LogP contribution in [0.15, 0.2) is 47.4 Å². The average molecular weight is 336 g/mol. The van der Waals surface area contributed by atoms with Gasteiger partial charge in [0.15, 0.2) is 6.10 Å². The second kappa shape index (κ2) is 5.54. The molecule has 0 fully saturated rings. The first-order valence-corrected chi connectivity index (χ1v) is 8.23. The zero-order valence-corrected chi connectivity index (χ0v) is 12.9. The Kier molecular flexibility index (Phi) is 3.69. The van der Waals surface area contributed by atoms with Crippen LogP contribution >= 0.6 is 0 Å². The summed E-state index contributed by atoms with van der Waals surface area (Å²) >= 11 is 0. The molecule has 23 heavy (non-hydrogen) atoms. The van der Waals surface area contributed by atoms with Gasteiger partial charge in [0.05, 0.1) is 10.6 Å². The molecule has 0 aliphatic carbocycles. The van der Waals surface area contributed by atoms with Crippen LogP contribution in [0.1, 0.15) is 6.92 Å². The number of rotatable bonds is 3. The second-order valence-electron chi connectivity index (χ2n) is 5.02. The fourth-order valence-electron chi connectivity index (χ4n) is 2.09. The van der Waals surface area contributed by atoms with Gasteiger partial charge in [-0.1, -0.05) is 0 Å².